The van der Waals surface area contributed by atoms with E-state index in [2.05, 4.69) is 19.2 Å². The van der Waals surface area contributed by atoms with Crippen LogP contribution in [0.2, 0.25) is 0 Å². The van der Waals surface area contributed by atoms with Gasteiger partial charge >= 0.3 is 0 Å². The summed E-state index contributed by atoms with van der Waals surface area (Å²) in [5.74, 6) is 0.781. The lowest BCUT2D eigenvalue weighted by molar-refractivity contribution is -0.121. The van der Waals surface area contributed by atoms with E-state index in [1.807, 2.05) is 55.5 Å². The Kier molecular flexibility index (Phi) is 8.22. The number of para-hydroxylation sites is 1. The topological polar surface area (TPSA) is 75.7 Å². The van der Waals surface area contributed by atoms with Crippen LogP contribution in [0.5, 0.6) is 5.75 Å². The van der Waals surface area contributed by atoms with E-state index in [4.69, 9.17) is 4.74 Å². The van der Waals surface area contributed by atoms with E-state index in [1.54, 1.807) is 0 Å². The van der Waals surface area contributed by atoms with Crippen LogP contribution in [0.3, 0.4) is 0 Å². The van der Waals surface area contributed by atoms with Crippen molar-refractivity contribution in [3.05, 3.63) is 65.2 Å². The second-order valence-corrected chi connectivity index (χ2v) is 9.39. The number of rotatable bonds is 10. The molecule has 0 aliphatic rings. The monoisotopic (exact) mass is 418 g/mol. The molecule has 1 amide bonds. The molecule has 2 aromatic rings. The third-order valence-corrected chi connectivity index (χ3v) is 5.69. The highest BCUT2D eigenvalue weighted by Crippen LogP contribution is 2.25. The molecule has 0 aliphatic heterocycles. The van der Waals surface area contributed by atoms with E-state index < -0.39 is 10.0 Å². The summed E-state index contributed by atoms with van der Waals surface area (Å²) in [6.45, 7) is 6.70. The normalized spacial score (nSPS) is 11.7. The number of amides is 1. The molecule has 158 valence electrons. The van der Waals surface area contributed by atoms with E-state index >= 15 is 0 Å². The van der Waals surface area contributed by atoms with Gasteiger partial charge in [-0.1, -0.05) is 61.9 Å². The molecule has 0 bridgehead atoms. The van der Waals surface area contributed by atoms with Crippen molar-refractivity contribution in [3.63, 3.8) is 0 Å². The average molecular weight is 419 g/mol. The SMILES string of the molecule is Cc1ccc(CN(CC(=O)NCCOc2ccccc2C(C)C)S(C)(=O)=O)cc1. The molecule has 0 atom stereocenters. The molecule has 0 aromatic heterocycles. The molecule has 0 heterocycles. The molecule has 6 nitrogen and oxygen atoms in total. The summed E-state index contributed by atoms with van der Waals surface area (Å²) in [6.07, 6.45) is 1.11. The quantitative estimate of drug-likeness (QED) is 0.602. The number of hydrogen-bond acceptors (Lipinski definition) is 4. The summed E-state index contributed by atoms with van der Waals surface area (Å²) < 4.78 is 31.1. The lowest BCUT2D eigenvalue weighted by Gasteiger charge is -2.20. The van der Waals surface area contributed by atoms with Crippen LogP contribution in [0.25, 0.3) is 0 Å². The Hall–Kier alpha value is -2.38. The lowest BCUT2D eigenvalue weighted by Crippen LogP contribution is -2.41. The Labute approximate surface area is 173 Å². The van der Waals surface area contributed by atoms with Crippen LogP contribution < -0.4 is 10.1 Å². The molecular weight excluding hydrogens is 388 g/mol. The number of carbonyl (C=O) groups is 1. The van der Waals surface area contributed by atoms with Gasteiger partial charge in [-0.2, -0.15) is 4.31 Å². The number of nitrogens with zero attached hydrogens (tertiary/aromatic N) is 1. The van der Waals surface area contributed by atoms with Gasteiger partial charge in [0.25, 0.3) is 0 Å². The largest absolute Gasteiger partial charge is 0.491 e. The highest BCUT2D eigenvalue weighted by Gasteiger charge is 2.20. The number of aryl methyl sites for hydroxylation is 1. The average Bonchev–Trinajstić information content (AvgIpc) is 2.66. The van der Waals surface area contributed by atoms with Crippen molar-refractivity contribution in [1.29, 1.82) is 0 Å². The molecule has 1 N–H and O–H groups in total. The summed E-state index contributed by atoms with van der Waals surface area (Å²) in [5, 5.41) is 2.73. The minimum atomic E-state index is -3.52. The molecule has 0 unspecified atom stereocenters. The van der Waals surface area contributed by atoms with Gasteiger partial charge in [-0.3, -0.25) is 4.79 Å². The third-order valence-electron chi connectivity index (χ3n) is 4.49. The van der Waals surface area contributed by atoms with Gasteiger partial charge in [0.05, 0.1) is 19.3 Å². The second-order valence-electron chi connectivity index (χ2n) is 7.41. The van der Waals surface area contributed by atoms with Crippen molar-refractivity contribution in [2.45, 2.75) is 33.2 Å². The first-order valence-electron chi connectivity index (χ1n) is 9.66. The first-order valence-corrected chi connectivity index (χ1v) is 11.5. The number of carbonyl (C=O) groups excluding carboxylic acids is 1. The number of ether oxygens (including phenoxy) is 1. The van der Waals surface area contributed by atoms with Gasteiger partial charge in [-0.05, 0) is 30.0 Å². The summed E-state index contributed by atoms with van der Waals surface area (Å²) >= 11 is 0. The highest BCUT2D eigenvalue weighted by molar-refractivity contribution is 7.88. The minimum Gasteiger partial charge on any atom is -0.491 e. The Balaban J connectivity index is 1.86. The summed E-state index contributed by atoms with van der Waals surface area (Å²) in [4.78, 5) is 12.3. The van der Waals surface area contributed by atoms with Crippen molar-refractivity contribution >= 4 is 15.9 Å². The zero-order valence-corrected chi connectivity index (χ0v) is 18.3. The Morgan fingerprint density at radius 3 is 2.38 bits per heavy atom. The van der Waals surface area contributed by atoms with Gasteiger partial charge in [0.1, 0.15) is 12.4 Å². The number of sulfonamides is 1. The van der Waals surface area contributed by atoms with Crippen LogP contribution in [-0.2, 0) is 21.4 Å². The molecule has 0 fully saturated rings. The lowest BCUT2D eigenvalue weighted by atomic mass is 10.0. The van der Waals surface area contributed by atoms with Gasteiger partial charge in [-0.15, -0.1) is 0 Å². The number of hydrogen-bond donors (Lipinski definition) is 1. The fraction of sp³-hybridized carbons (Fsp3) is 0.409. The zero-order valence-electron chi connectivity index (χ0n) is 17.5. The van der Waals surface area contributed by atoms with E-state index in [-0.39, 0.29) is 19.0 Å². The van der Waals surface area contributed by atoms with Crippen molar-refractivity contribution in [1.82, 2.24) is 9.62 Å². The van der Waals surface area contributed by atoms with Crippen LogP contribution in [0, 0.1) is 6.92 Å². The van der Waals surface area contributed by atoms with Gasteiger partial charge in [0.2, 0.25) is 15.9 Å². The molecule has 2 aromatic carbocycles. The van der Waals surface area contributed by atoms with Crippen molar-refractivity contribution in [3.8, 4) is 5.75 Å². The second kappa shape index (κ2) is 10.4. The van der Waals surface area contributed by atoms with Gasteiger partial charge in [-0.25, -0.2) is 8.42 Å². The third kappa shape index (κ3) is 7.51. The summed E-state index contributed by atoms with van der Waals surface area (Å²) in [6, 6.07) is 15.4. The maximum Gasteiger partial charge on any atom is 0.235 e. The standard InChI is InChI=1S/C22H30N2O4S/c1-17(2)20-7-5-6-8-21(20)28-14-13-23-22(25)16-24(29(4,26)27)15-19-11-9-18(3)10-12-19/h5-12,17H,13-16H2,1-4H3,(H,23,25). The maximum atomic E-state index is 12.3. The predicted molar refractivity (Wildman–Crippen MR) is 115 cm³/mol. The van der Waals surface area contributed by atoms with Gasteiger partial charge < -0.3 is 10.1 Å². The first kappa shape index (κ1) is 22.9. The van der Waals surface area contributed by atoms with Crippen molar-refractivity contribution in [2.75, 3.05) is 26.0 Å². The zero-order chi connectivity index (χ0) is 21.4. The molecule has 0 saturated heterocycles. The summed E-state index contributed by atoms with van der Waals surface area (Å²) in [7, 11) is -3.52. The highest BCUT2D eigenvalue weighted by atomic mass is 32.2. The molecule has 0 saturated carbocycles. The molecule has 0 aliphatic carbocycles. The smallest absolute Gasteiger partial charge is 0.235 e. The fourth-order valence-electron chi connectivity index (χ4n) is 2.84. The Bertz CT molecular complexity index is 909. The molecule has 29 heavy (non-hydrogen) atoms. The van der Waals surface area contributed by atoms with Crippen LogP contribution in [-0.4, -0.2) is 44.6 Å². The van der Waals surface area contributed by atoms with Crippen LogP contribution in [0.4, 0.5) is 0 Å². The van der Waals surface area contributed by atoms with E-state index in [0.717, 1.165) is 28.7 Å². The molecule has 0 spiro atoms. The predicted octanol–water partition coefficient (Wildman–Crippen LogP) is 3.08. The fourth-order valence-corrected chi connectivity index (χ4v) is 3.58. The number of benzene rings is 2. The molecule has 7 heteroatoms. The molecule has 2 rings (SSSR count). The molecular formula is C22H30N2O4S. The van der Waals surface area contributed by atoms with Crippen molar-refractivity contribution < 1.29 is 17.9 Å². The molecule has 0 radical (unpaired) electrons. The van der Waals surface area contributed by atoms with E-state index in [1.165, 1.54) is 4.31 Å². The Morgan fingerprint density at radius 2 is 1.76 bits per heavy atom. The Morgan fingerprint density at radius 1 is 1.10 bits per heavy atom. The van der Waals surface area contributed by atoms with Crippen LogP contribution in [0.15, 0.2) is 48.5 Å². The summed E-state index contributed by atoms with van der Waals surface area (Å²) in [5.41, 5.74) is 3.04. The van der Waals surface area contributed by atoms with Crippen LogP contribution in [0.1, 0.15) is 36.5 Å². The van der Waals surface area contributed by atoms with E-state index in [9.17, 15) is 13.2 Å². The maximum absolute atomic E-state index is 12.3. The minimum absolute atomic E-state index is 0.158. The van der Waals surface area contributed by atoms with E-state index in [0.29, 0.717) is 19.1 Å². The van der Waals surface area contributed by atoms with Gasteiger partial charge in [0.15, 0.2) is 0 Å². The number of nitrogens with one attached hydrogen (secondary N) is 1. The van der Waals surface area contributed by atoms with Crippen molar-refractivity contribution in [2.24, 2.45) is 0 Å². The first-order chi connectivity index (χ1) is 13.7. The van der Waals surface area contributed by atoms with Crippen LogP contribution >= 0.6 is 0 Å². The van der Waals surface area contributed by atoms with Gasteiger partial charge in [0, 0.05) is 6.54 Å².